The van der Waals surface area contributed by atoms with Gasteiger partial charge in [-0.05, 0) is 24.3 Å². The van der Waals surface area contributed by atoms with Gasteiger partial charge in [0.15, 0.2) is 0 Å². The maximum atomic E-state index is 8.98. The lowest BCUT2D eigenvalue weighted by molar-refractivity contribution is 0.415. The third-order valence-corrected chi connectivity index (χ3v) is 2.38. The molecule has 0 aliphatic carbocycles. The number of hydrogen-bond donors (Lipinski definition) is 1. The van der Waals surface area contributed by atoms with E-state index in [2.05, 4.69) is 11.4 Å². The van der Waals surface area contributed by atoms with Crippen LogP contribution in [0, 0.1) is 11.3 Å². The number of nitriles is 1. The van der Waals surface area contributed by atoms with Gasteiger partial charge < -0.3 is 14.5 Å². The first kappa shape index (κ1) is 11.1. The quantitative estimate of drug-likeness (QED) is 0.874. The zero-order valence-corrected chi connectivity index (χ0v) is 9.43. The summed E-state index contributed by atoms with van der Waals surface area (Å²) in [6.45, 7) is 0.537. The molecule has 0 saturated heterocycles. The Bertz CT molecular complexity index is 527. The molecule has 2 aromatic rings. The van der Waals surface area contributed by atoms with E-state index in [4.69, 9.17) is 14.4 Å². The number of rotatable bonds is 4. The largest absolute Gasteiger partial charge is 0.497 e. The molecule has 17 heavy (non-hydrogen) atoms. The summed E-state index contributed by atoms with van der Waals surface area (Å²) < 4.78 is 10.3. The monoisotopic (exact) mass is 228 g/mol. The normalized spacial score (nSPS) is 9.65. The molecule has 4 heteroatoms. The van der Waals surface area contributed by atoms with Crippen molar-refractivity contribution in [3.05, 3.63) is 47.9 Å². The molecule has 1 aromatic heterocycles. The van der Waals surface area contributed by atoms with Crippen LogP contribution in [-0.4, -0.2) is 7.11 Å². The molecule has 0 aliphatic heterocycles. The van der Waals surface area contributed by atoms with E-state index < -0.39 is 0 Å². The van der Waals surface area contributed by atoms with Crippen molar-refractivity contribution >= 4 is 5.69 Å². The summed E-state index contributed by atoms with van der Waals surface area (Å²) >= 11 is 0. The minimum atomic E-state index is 0.537. The Morgan fingerprint density at radius 1 is 1.41 bits per heavy atom. The topological polar surface area (TPSA) is 58.2 Å². The zero-order chi connectivity index (χ0) is 12.1. The summed E-state index contributed by atoms with van der Waals surface area (Å²) in [6.07, 6.45) is 1.62. The Kier molecular flexibility index (Phi) is 3.31. The Balaban J connectivity index is 2.16. The molecule has 4 nitrogen and oxygen atoms in total. The second-order valence-corrected chi connectivity index (χ2v) is 3.46. The highest BCUT2D eigenvalue weighted by Crippen LogP contribution is 2.22. The number of furan rings is 1. The molecule has 1 heterocycles. The summed E-state index contributed by atoms with van der Waals surface area (Å²) in [5.41, 5.74) is 1.32. The van der Waals surface area contributed by atoms with Gasteiger partial charge >= 0.3 is 0 Å². The van der Waals surface area contributed by atoms with Crippen LogP contribution in [0.4, 0.5) is 5.69 Å². The van der Waals surface area contributed by atoms with Crippen LogP contribution in [0.3, 0.4) is 0 Å². The molecule has 1 N–H and O–H groups in total. The molecule has 0 radical (unpaired) electrons. The van der Waals surface area contributed by atoms with Crippen molar-refractivity contribution in [1.82, 2.24) is 0 Å². The van der Waals surface area contributed by atoms with Gasteiger partial charge in [0.25, 0.3) is 0 Å². The summed E-state index contributed by atoms with van der Waals surface area (Å²) in [6, 6.07) is 11.1. The van der Waals surface area contributed by atoms with Crippen molar-refractivity contribution < 1.29 is 9.15 Å². The number of hydrogen-bond acceptors (Lipinski definition) is 4. The maximum Gasteiger partial charge on any atom is 0.122 e. The highest BCUT2D eigenvalue weighted by molar-refractivity contribution is 5.60. The van der Waals surface area contributed by atoms with Gasteiger partial charge in [0, 0.05) is 6.07 Å². The van der Waals surface area contributed by atoms with Crippen molar-refractivity contribution in [2.45, 2.75) is 6.54 Å². The van der Waals surface area contributed by atoms with Crippen LogP contribution in [0.25, 0.3) is 0 Å². The third kappa shape index (κ3) is 2.58. The summed E-state index contributed by atoms with van der Waals surface area (Å²) in [4.78, 5) is 0. The first-order valence-electron chi connectivity index (χ1n) is 5.18. The van der Waals surface area contributed by atoms with E-state index in [0.29, 0.717) is 17.9 Å². The molecule has 1 aromatic carbocycles. The van der Waals surface area contributed by atoms with Crippen LogP contribution in [-0.2, 0) is 6.54 Å². The Labute approximate surface area is 99.4 Å². The van der Waals surface area contributed by atoms with Crippen LogP contribution in [0.1, 0.15) is 11.3 Å². The van der Waals surface area contributed by atoms with E-state index in [1.54, 1.807) is 31.6 Å². The molecule has 0 unspecified atom stereocenters. The number of benzene rings is 1. The van der Waals surface area contributed by atoms with Gasteiger partial charge in [0.2, 0.25) is 0 Å². The lowest BCUT2D eigenvalue weighted by Gasteiger charge is -2.08. The molecular weight excluding hydrogens is 216 g/mol. The molecule has 0 aliphatic rings. The maximum absolute atomic E-state index is 8.98. The van der Waals surface area contributed by atoms with E-state index in [1.165, 1.54) is 0 Å². The minimum Gasteiger partial charge on any atom is -0.497 e. The van der Waals surface area contributed by atoms with Gasteiger partial charge in [-0.2, -0.15) is 5.26 Å². The molecule has 0 saturated carbocycles. The van der Waals surface area contributed by atoms with E-state index in [1.807, 2.05) is 12.1 Å². The molecule has 0 fully saturated rings. The summed E-state index contributed by atoms with van der Waals surface area (Å²) in [5.74, 6) is 1.53. The molecule has 0 amide bonds. The van der Waals surface area contributed by atoms with E-state index in [-0.39, 0.29) is 0 Å². The molecule has 0 spiro atoms. The van der Waals surface area contributed by atoms with Crippen LogP contribution in [0.5, 0.6) is 5.75 Å². The van der Waals surface area contributed by atoms with Crippen molar-refractivity contribution in [3.63, 3.8) is 0 Å². The molecule has 2 rings (SSSR count). The van der Waals surface area contributed by atoms with E-state index in [0.717, 1.165) is 11.4 Å². The Morgan fingerprint density at radius 2 is 2.29 bits per heavy atom. The number of methoxy groups -OCH3 is 1. The highest BCUT2D eigenvalue weighted by Gasteiger charge is 2.04. The second-order valence-electron chi connectivity index (χ2n) is 3.46. The van der Waals surface area contributed by atoms with Gasteiger partial charge in [-0.3, -0.25) is 0 Å². The number of anilines is 1. The fourth-order valence-corrected chi connectivity index (χ4v) is 1.49. The SMILES string of the molecule is COc1ccc(C#N)c(NCc2ccco2)c1. The second kappa shape index (κ2) is 5.08. The molecule has 0 atom stereocenters. The van der Waals surface area contributed by atoms with Crippen molar-refractivity contribution in [2.75, 3.05) is 12.4 Å². The first-order valence-corrected chi connectivity index (χ1v) is 5.18. The van der Waals surface area contributed by atoms with Gasteiger partial charge in [0.05, 0.1) is 31.2 Å². The van der Waals surface area contributed by atoms with Crippen molar-refractivity contribution in [3.8, 4) is 11.8 Å². The predicted molar refractivity (Wildman–Crippen MR) is 63.7 cm³/mol. The van der Waals surface area contributed by atoms with Crippen LogP contribution in [0.15, 0.2) is 41.0 Å². The summed E-state index contributed by atoms with van der Waals surface area (Å²) in [7, 11) is 1.59. The minimum absolute atomic E-state index is 0.537. The summed E-state index contributed by atoms with van der Waals surface area (Å²) in [5, 5.41) is 12.1. The molecule has 86 valence electrons. The number of ether oxygens (including phenoxy) is 1. The van der Waals surface area contributed by atoms with E-state index >= 15 is 0 Å². The first-order chi connectivity index (χ1) is 8.33. The van der Waals surface area contributed by atoms with Gasteiger partial charge in [-0.25, -0.2) is 0 Å². The lowest BCUT2D eigenvalue weighted by atomic mass is 10.2. The Hall–Kier alpha value is -2.41. The van der Waals surface area contributed by atoms with Gasteiger partial charge in [-0.15, -0.1) is 0 Å². The lowest BCUT2D eigenvalue weighted by Crippen LogP contribution is -2.00. The van der Waals surface area contributed by atoms with Crippen molar-refractivity contribution in [1.29, 1.82) is 5.26 Å². The van der Waals surface area contributed by atoms with Crippen LogP contribution in [0.2, 0.25) is 0 Å². The molecule has 0 bridgehead atoms. The molecular formula is C13H12N2O2. The fraction of sp³-hybridized carbons (Fsp3) is 0.154. The fourth-order valence-electron chi connectivity index (χ4n) is 1.49. The number of nitrogens with one attached hydrogen (secondary N) is 1. The smallest absolute Gasteiger partial charge is 0.122 e. The van der Waals surface area contributed by atoms with Gasteiger partial charge in [-0.1, -0.05) is 0 Å². The van der Waals surface area contributed by atoms with Crippen LogP contribution >= 0.6 is 0 Å². The van der Waals surface area contributed by atoms with E-state index in [9.17, 15) is 0 Å². The van der Waals surface area contributed by atoms with Crippen LogP contribution < -0.4 is 10.1 Å². The Morgan fingerprint density at radius 3 is 2.94 bits per heavy atom. The average molecular weight is 228 g/mol. The number of nitrogens with zero attached hydrogens (tertiary/aromatic N) is 1. The standard InChI is InChI=1S/C13H12N2O2/c1-16-11-5-4-10(8-14)13(7-11)15-9-12-3-2-6-17-12/h2-7,15H,9H2,1H3. The predicted octanol–water partition coefficient (Wildman–Crippen LogP) is 2.77. The third-order valence-electron chi connectivity index (χ3n) is 2.38. The van der Waals surface area contributed by atoms with Gasteiger partial charge in [0.1, 0.15) is 17.6 Å². The highest BCUT2D eigenvalue weighted by atomic mass is 16.5. The average Bonchev–Trinajstić information content (AvgIpc) is 2.89. The van der Waals surface area contributed by atoms with Crippen molar-refractivity contribution in [2.24, 2.45) is 0 Å². The zero-order valence-electron chi connectivity index (χ0n) is 9.43.